The fraction of sp³-hybridized carbons (Fsp3) is 0.348. The van der Waals surface area contributed by atoms with Crippen LogP contribution in [0.15, 0.2) is 35.5 Å². The van der Waals surface area contributed by atoms with Crippen LogP contribution in [0.25, 0.3) is 22.3 Å². The molecule has 3 heterocycles. The SMILES string of the molecule is CN=Cc1cc(-c2cc(Cl)c3cc(N4CCNC(C5CC5)C4)cnc3n2)cc(F)c1N. The molecule has 0 bridgehead atoms. The molecule has 0 spiro atoms. The molecule has 8 heteroatoms. The number of hydrogen-bond donors (Lipinski definition) is 2. The zero-order valence-electron chi connectivity index (χ0n) is 17.3. The summed E-state index contributed by atoms with van der Waals surface area (Å²) in [5.41, 5.74) is 9.08. The fourth-order valence-electron chi connectivity index (χ4n) is 4.24. The highest BCUT2D eigenvalue weighted by atomic mass is 35.5. The molecule has 1 saturated heterocycles. The largest absolute Gasteiger partial charge is 0.396 e. The van der Waals surface area contributed by atoms with Gasteiger partial charge in [0.1, 0.15) is 5.82 Å². The summed E-state index contributed by atoms with van der Waals surface area (Å²) in [6, 6.07) is 7.46. The van der Waals surface area contributed by atoms with Crippen molar-refractivity contribution in [2.75, 3.05) is 37.3 Å². The molecule has 3 aromatic rings. The van der Waals surface area contributed by atoms with Crippen LogP contribution in [0.3, 0.4) is 0 Å². The van der Waals surface area contributed by atoms with Gasteiger partial charge in [0.15, 0.2) is 5.65 Å². The van der Waals surface area contributed by atoms with Crippen LogP contribution in [-0.2, 0) is 0 Å². The van der Waals surface area contributed by atoms with Gasteiger partial charge < -0.3 is 16.0 Å². The van der Waals surface area contributed by atoms with E-state index >= 15 is 0 Å². The highest BCUT2D eigenvalue weighted by molar-refractivity contribution is 6.35. The van der Waals surface area contributed by atoms with E-state index in [0.29, 0.717) is 33.5 Å². The van der Waals surface area contributed by atoms with Gasteiger partial charge >= 0.3 is 0 Å². The van der Waals surface area contributed by atoms with E-state index in [0.717, 1.165) is 36.6 Å². The standard InChI is InChI=1S/C23H24ClFN6/c1-27-10-15-6-14(7-19(25)22(15)26)20-9-18(24)17-8-16(11-29-23(17)30-20)31-5-4-28-21(12-31)13-2-3-13/h6-11,13,21,28H,2-5,12,26H2,1H3. The average molecular weight is 439 g/mol. The Morgan fingerprint density at radius 2 is 2.13 bits per heavy atom. The number of nitrogens with zero attached hydrogens (tertiary/aromatic N) is 4. The van der Waals surface area contributed by atoms with E-state index in [2.05, 4.69) is 31.2 Å². The number of rotatable bonds is 4. The maximum atomic E-state index is 14.3. The van der Waals surface area contributed by atoms with Crippen LogP contribution in [-0.4, -0.2) is 48.9 Å². The molecular formula is C23H24ClFN6. The van der Waals surface area contributed by atoms with Gasteiger partial charge in [-0.25, -0.2) is 14.4 Å². The van der Waals surface area contributed by atoms with Crippen molar-refractivity contribution in [3.8, 4) is 11.3 Å². The molecule has 2 fully saturated rings. The van der Waals surface area contributed by atoms with E-state index in [-0.39, 0.29) is 5.69 Å². The number of halogens is 2. The van der Waals surface area contributed by atoms with E-state index in [1.165, 1.54) is 25.1 Å². The fourth-order valence-corrected chi connectivity index (χ4v) is 4.48. The number of aliphatic imine (C=N–C) groups is 1. The minimum atomic E-state index is -0.516. The maximum absolute atomic E-state index is 14.3. The average Bonchev–Trinajstić information content (AvgIpc) is 3.62. The number of fused-ring (bicyclic) bond motifs is 1. The normalized spacial score (nSPS) is 19.5. The zero-order valence-corrected chi connectivity index (χ0v) is 18.0. The lowest BCUT2D eigenvalue weighted by atomic mass is 10.0. The molecule has 2 aromatic heterocycles. The molecular weight excluding hydrogens is 415 g/mol. The summed E-state index contributed by atoms with van der Waals surface area (Å²) in [5.74, 6) is 0.282. The molecule has 6 nitrogen and oxygen atoms in total. The molecule has 3 N–H and O–H groups in total. The smallest absolute Gasteiger partial charge is 0.161 e. The minimum Gasteiger partial charge on any atom is -0.396 e. The van der Waals surface area contributed by atoms with Crippen molar-refractivity contribution >= 4 is 40.2 Å². The Kier molecular flexibility index (Phi) is 5.24. The van der Waals surface area contributed by atoms with Gasteiger partial charge in [0, 0.05) is 55.5 Å². The lowest BCUT2D eigenvalue weighted by Gasteiger charge is -2.35. The summed E-state index contributed by atoms with van der Waals surface area (Å²) in [5, 5.41) is 4.95. The second-order valence-electron chi connectivity index (χ2n) is 8.25. The van der Waals surface area contributed by atoms with E-state index in [1.807, 2.05) is 6.20 Å². The summed E-state index contributed by atoms with van der Waals surface area (Å²) in [6.45, 7) is 2.88. The highest BCUT2D eigenvalue weighted by Crippen LogP contribution is 2.35. The number of nitrogens with one attached hydrogen (secondary N) is 1. The Bertz CT molecular complexity index is 1180. The third-order valence-electron chi connectivity index (χ3n) is 6.09. The number of nitrogens with two attached hydrogens (primary N) is 1. The molecule has 1 atom stereocenters. The van der Waals surface area contributed by atoms with E-state index in [9.17, 15) is 4.39 Å². The summed E-state index contributed by atoms with van der Waals surface area (Å²) in [6.07, 6.45) is 6.01. The van der Waals surface area contributed by atoms with Crippen LogP contribution in [0, 0.1) is 11.7 Å². The first-order valence-electron chi connectivity index (χ1n) is 10.5. The van der Waals surface area contributed by atoms with Crippen LogP contribution in [0.4, 0.5) is 15.8 Å². The molecule has 1 saturated carbocycles. The Morgan fingerprint density at radius 3 is 2.90 bits per heavy atom. The van der Waals surface area contributed by atoms with E-state index < -0.39 is 5.82 Å². The molecule has 0 radical (unpaired) electrons. The molecule has 5 rings (SSSR count). The summed E-state index contributed by atoms with van der Waals surface area (Å²) in [7, 11) is 1.61. The molecule has 1 aromatic carbocycles. The van der Waals surface area contributed by atoms with Gasteiger partial charge in [0.2, 0.25) is 0 Å². The number of nitrogen functional groups attached to an aromatic ring is 1. The van der Waals surface area contributed by atoms with Crippen molar-refractivity contribution in [3.05, 3.63) is 46.9 Å². The lowest BCUT2D eigenvalue weighted by molar-refractivity contribution is 0.419. The molecule has 31 heavy (non-hydrogen) atoms. The number of piperazine rings is 1. The third-order valence-corrected chi connectivity index (χ3v) is 6.40. The van der Waals surface area contributed by atoms with Crippen molar-refractivity contribution in [1.82, 2.24) is 15.3 Å². The van der Waals surface area contributed by atoms with Gasteiger partial charge in [-0.05, 0) is 43.0 Å². The zero-order chi connectivity index (χ0) is 21.5. The molecule has 1 aliphatic heterocycles. The van der Waals surface area contributed by atoms with Crippen LogP contribution in [0.5, 0.6) is 0 Å². The van der Waals surface area contributed by atoms with Crippen molar-refractivity contribution in [3.63, 3.8) is 0 Å². The van der Waals surface area contributed by atoms with Crippen molar-refractivity contribution in [1.29, 1.82) is 0 Å². The number of aromatic nitrogens is 2. The topological polar surface area (TPSA) is 79.4 Å². The first-order chi connectivity index (χ1) is 15.0. The summed E-state index contributed by atoms with van der Waals surface area (Å²) >= 11 is 6.63. The summed E-state index contributed by atoms with van der Waals surface area (Å²) in [4.78, 5) is 15.5. The maximum Gasteiger partial charge on any atom is 0.161 e. The van der Waals surface area contributed by atoms with E-state index in [4.69, 9.17) is 17.3 Å². The van der Waals surface area contributed by atoms with Crippen LogP contribution in [0.1, 0.15) is 18.4 Å². The quantitative estimate of drug-likeness (QED) is 0.477. The predicted octanol–water partition coefficient (Wildman–Crippen LogP) is 3.91. The number of benzene rings is 1. The van der Waals surface area contributed by atoms with Crippen LogP contribution >= 0.6 is 11.6 Å². The highest BCUT2D eigenvalue weighted by Gasteiger charge is 2.34. The van der Waals surface area contributed by atoms with E-state index in [1.54, 1.807) is 19.2 Å². The monoisotopic (exact) mass is 438 g/mol. The predicted molar refractivity (Wildman–Crippen MR) is 125 cm³/mol. The van der Waals surface area contributed by atoms with Gasteiger partial charge in [-0.3, -0.25) is 4.99 Å². The lowest BCUT2D eigenvalue weighted by Crippen LogP contribution is -2.51. The second kappa shape index (κ2) is 8.05. The number of hydrogen-bond acceptors (Lipinski definition) is 6. The van der Waals surface area contributed by atoms with Gasteiger partial charge in [0.25, 0.3) is 0 Å². The third kappa shape index (κ3) is 3.95. The Labute approximate surface area is 185 Å². The van der Waals surface area contributed by atoms with Gasteiger partial charge in [-0.2, -0.15) is 0 Å². The Balaban J connectivity index is 1.50. The number of pyridine rings is 2. The van der Waals surface area contributed by atoms with Gasteiger partial charge in [0.05, 0.1) is 28.3 Å². The first-order valence-corrected chi connectivity index (χ1v) is 10.9. The first kappa shape index (κ1) is 20.2. The molecule has 0 amide bonds. The minimum absolute atomic E-state index is 0.0597. The molecule has 2 aliphatic rings. The molecule has 160 valence electrons. The van der Waals surface area contributed by atoms with Crippen LogP contribution in [0.2, 0.25) is 5.02 Å². The Morgan fingerprint density at radius 1 is 1.29 bits per heavy atom. The summed E-state index contributed by atoms with van der Waals surface area (Å²) < 4.78 is 14.3. The van der Waals surface area contributed by atoms with Gasteiger partial charge in [-0.1, -0.05) is 11.6 Å². The second-order valence-corrected chi connectivity index (χ2v) is 8.65. The van der Waals surface area contributed by atoms with Crippen molar-refractivity contribution in [2.24, 2.45) is 10.9 Å². The van der Waals surface area contributed by atoms with Gasteiger partial charge in [-0.15, -0.1) is 0 Å². The van der Waals surface area contributed by atoms with Crippen molar-refractivity contribution in [2.45, 2.75) is 18.9 Å². The molecule has 1 aliphatic carbocycles. The Hall–Kier alpha value is -2.77. The van der Waals surface area contributed by atoms with Crippen LogP contribution < -0.4 is 16.0 Å². The van der Waals surface area contributed by atoms with Crippen molar-refractivity contribution < 1.29 is 4.39 Å². The molecule has 1 unspecified atom stereocenters. The number of anilines is 2.